The molecule has 7 nitrogen and oxygen atoms in total. The van der Waals surface area contributed by atoms with E-state index in [-0.39, 0.29) is 23.1 Å². The number of nitro groups is 1. The Bertz CT molecular complexity index is 851. The van der Waals surface area contributed by atoms with Crippen molar-refractivity contribution in [1.29, 1.82) is 0 Å². The molecule has 0 bridgehead atoms. The Morgan fingerprint density at radius 1 is 1.24 bits per heavy atom. The van der Waals surface area contributed by atoms with Gasteiger partial charge < -0.3 is 4.74 Å². The van der Waals surface area contributed by atoms with E-state index in [0.717, 1.165) is 10.5 Å². The fourth-order valence-corrected chi connectivity index (χ4v) is 2.88. The predicted molar refractivity (Wildman–Crippen MR) is 94.2 cm³/mol. The van der Waals surface area contributed by atoms with Crippen molar-refractivity contribution in [3.8, 4) is 0 Å². The summed E-state index contributed by atoms with van der Waals surface area (Å²) >= 11 is 1.60. The standard InChI is InChI=1S/C17H15N3O4S/c1-11(21)19-17(12-7-9-13(25-2)10-8-12)24-16(18-19)14-5-3-4-6-15(14)20(22)23/h3-10,17H,1-2H3/t17-/m1/s1. The van der Waals surface area contributed by atoms with Crippen LogP contribution in [0.2, 0.25) is 0 Å². The number of hydrogen-bond donors (Lipinski definition) is 0. The average Bonchev–Trinajstić information content (AvgIpc) is 3.07. The largest absolute Gasteiger partial charge is 0.445 e. The SMILES string of the molecule is CSc1ccc([C@H]2OC(c3ccccc3[N+](=O)[O-])=NN2C(C)=O)cc1. The quantitative estimate of drug-likeness (QED) is 0.474. The average molecular weight is 357 g/mol. The highest BCUT2D eigenvalue weighted by Gasteiger charge is 2.35. The van der Waals surface area contributed by atoms with Crippen LogP contribution in [0.4, 0.5) is 5.69 Å². The van der Waals surface area contributed by atoms with E-state index in [1.54, 1.807) is 30.0 Å². The van der Waals surface area contributed by atoms with Crippen molar-refractivity contribution in [1.82, 2.24) is 5.01 Å². The van der Waals surface area contributed by atoms with Gasteiger partial charge >= 0.3 is 0 Å². The number of carbonyl (C=O) groups is 1. The van der Waals surface area contributed by atoms with Crippen LogP contribution in [0, 0.1) is 10.1 Å². The molecule has 0 spiro atoms. The number of rotatable bonds is 4. The van der Waals surface area contributed by atoms with Crippen molar-refractivity contribution >= 4 is 29.3 Å². The maximum absolute atomic E-state index is 11.9. The van der Waals surface area contributed by atoms with Crippen molar-refractivity contribution in [3.63, 3.8) is 0 Å². The molecule has 2 aromatic rings. The normalized spacial score (nSPS) is 16.3. The third kappa shape index (κ3) is 3.34. The molecule has 0 aromatic heterocycles. The lowest BCUT2D eigenvalue weighted by Gasteiger charge is -2.19. The fraction of sp³-hybridized carbons (Fsp3) is 0.176. The second-order valence-corrected chi connectivity index (χ2v) is 6.17. The summed E-state index contributed by atoms with van der Waals surface area (Å²) in [5.74, 6) is -0.256. The van der Waals surface area contributed by atoms with Crippen LogP contribution in [0.3, 0.4) is 0 Å². The summed E-state index contributed by atoms with van der Waals surface area (Å²) in [7, 11) is 0. The molecule has 128 valence electrons. The number of nitrogens with zero attached hydrogens (tertiary/aromatic N) is 3. The second kappa shape index (κ2) is 6.94. The molecule has 0 unspecified atom stereocenters. The van der Waals surface area contributed by atoms with Gasteiger partial charge in [-0.1, -0.05) is 24.3 Å². The topological polar surface area (TPSA) is 85.0 Å². The molecule has 0 saturated carbocycles. The Morgan fingerprint density at radius 2 is 1.92 bits per heavy atom. The van der Waals surface area contributed by atoms with E-state index < -0.39 is 11.2 Å². The summed E-state index contributed by atoms with van der Waals surface area (Å²) in [6, 6.07) is 13.7. The highest BCUT2D eigenvalue weighted by molar-refractivity contribution is 7.98. The minimum absolute atomic E-state index is 0.0569. The number of hydrogen-bond acceptors (Lipinski definition) is 6. The Labute approximate surface area is 148 Å². The minimum Gasteiger partial charge on any atom is -0.445 e. The maximum atomic E-state index is 11.9. The molecule has 25 heavy (non-hydrogen) atoms. The van der Waals surface area contributed by atoms with Crippen LogP contribution in [0.1, 0.15) is 24.3 Å². The van der Waals surface area contributed by atoms with Gasteiger partial charge in [-0.25, -0.2) is 0 Å². The summed E-state index contributed by atoms with van der Waals surface area (Å²) in [5.41, 5.74) is 0.857. The van der Waals surface area contributed by atoms with E-state index in [0.29, 0.717) is 0 Å². The molecule has 2 aromatic carbocycles. The van der Waals surface area contributed by atoms with Crippen molar-refractivity contribution in [2.75, 3.05) is 6.26 Å². The van der Waals surface area contributed by atoms with Gasteiger partial charge in [-0.15, -0.1) is 16.9 Å². The number of benzene rings is 2. The zero-order valence-corrected chi connectivity index (χ0v) is 14.4. The van der Waals surface area contributed by atoms with Gasteiger partial charge in [0.1, 0.15) is 5.56 Å². The lowest BCUT2D eigenvalue weighted by atomic mass is 10.1. The van der Waals surface area contributed by atoms with Gasteiger partial charge in [-0.2, -0.15) is 5.01 Å². The van der Waals surface area contributed by atoms with Gasteiger partial charge in [-0.05, 0) is 24.5 Å². The van der Waals surface area contributed by atoms with E-state index in [1.807, 2.05) is 30.5 Å². The smallest absolute Gasteiger partial charge is 0.282 e. The van der Waals surface area contributed by atoms with Crippen LogP contribution in [-0.2, 0) is 9.53 Å². The van der Waals surface area contributed by atoms with Gasteiger partial charge in [0.25, 0.3) is 5.69 Å². The van der Waals surface area contributed by atoms with Crippen molar-refractivity contribution in [2.24, 2.45) is 5.10 Å². The van der Waals surface area contributed by atoms with Crippen molar-refractivity contribution in [3.05, 3.63) is 69.8 Å². The summed E-state index contributed by atoms with van der Waals surface area (Å²) < 4.78 is 5.82. The molecule has 0 radical (unpaired) electrons. The fourth-order valence-electron chi connectivity index (χ4n) is 2.47. The zero-order valence-electron chi connectivity index (χ0n) is 13.6. The molecule has 0 fully saturated rings. The van der Waals surface area contributed by atoms with Crippen molar-refractivity contribution in [2.45, 2.75) is 18.0 Å². The molecule has 0 aliphatic carbocycles. The van der Waals surface area contributed by atoms with Gasteiger partial charge in [0, 0.05) is 23.4 Å². The Balaban J connectivity index is 1.97. The number of carbonyl (C=O) groups excluding carboxylic acids is 1. The third-order valence-electron chi connectivity index (χ3n) is 3.70. The summed E-state index contributed by atoms with van der Waals surface area (Å²) in [6.45, 7) is 1.37. The van der Waals surface area contributed by atoms with E-state index in [4.69, 9.17) is 4.74 Å². The first kappa shape index (κ1) is 17.0. The predicted octanol–water partition coefficient (Wildman–Crippen LogP) is 3.56. The first-order valence-electron chi connectivity index (χ1n) is 7.44. The Morgan fingerprint density at radius 3 is 2.52 bits per heavy atom. The molecule has 8 heteroatoms. The lowest BCUT2D eigenvalue weighted by molar-refractivity contribution is -0.385. The third-order valence-corrected chi connectivity index (χ3v) is 4.44. The number of para-hydroxylation sites is 1. The molecule has 1 heterocycles. The van der Waals surface area contributed by atoms with Gasteiger partial charge in [0.2, 0.25) is 18.0 Å². The first-order chi connectivity index (χ1) is 12.0. The number of hydrazone groups is 1. The van der Waals surface area contributed by atoms with E-state index >= 15 is 0 Å². The minimum atomic E-state index is -0.747. The van der Waals surface area contributed by atoms with Crippen molar-refractivity contribution < 1.29 is 14.5 Å². The molecule has 0 N–H and O–H groups in total. The van der Waals surface area contributed by atoms with Crippen LogP contribution >= 0.6 is 11.8 Å². The molecule has 1 aliphatic heterocycles. The number of nitro benzene ring substituents is 1. The van der Waals surface area contributed by atoms with Gasteiger partial charge in [-0.3, -0.25) is 14.9 Å². The molecule has 1 amide bonds. The Kier molecular flexibility index (Phi) is 4.71. The molecular weight excluding hydrogens is 342 g/mol. The van der Waals surface area contributed by atoms with E-state index in [2.05, 4.69) is 5.10 Å². The number of thioether (sulfide) groups is 1. The molecule has 3 rings (SSSR count). The lowest BCUT2D eigenvalue weighted by Crippen LogP contribution is -2.25. The molecule has 1 atom stereocenters. The van der Waals surface area contributed by atoms with Crippen LogP contribution in [-0.4, -0.2) is 28.0 Å². The van der Waals surface area contributed by atoms with Crippen LogP contribution in [0.5, 0.6) is 0 Å². The van der Waals surface area contributed by atoms with Crippen LogP contribution in [0.25, 0.3) is 0 Å². The highest BCUT2D eigenvalue weighted by atomic mass is 32.2. The molecule has 0 saturated heterocycles. The summed E-state index contributed by atoms with van der Waals surface area (Å²) in [5, 5.41) is 16.6. The monoisotopic (exact) mass is 357 g/mol. The maximum Gasteiger partial charge on any atom is 0.282 e. The summed E-state index contributed by atoms with van der Waals surface area (Å²) in [4.78, 5) is 23.8. The molecule has 1 aliphatic rings. The molecular formula is C17H15N3O4S. The van der Waals surface area contributed by atoms with Crippen LogP contribution < -0.4 is 0 Å². The number of amides is 1. The first-order valence-corrected chi connectivity index (χ1v) is 8.66. The van der Waals surface area contributed by atoms with E-state index in [1.165, 1.54) is 18.0 Å². The Hall–Kier alpha value is -2.87. The number of ether oxygens (including phenoxy) is 1. The van der Waals surface area contributed by atoms with Gasteiger partial charge in [0.15, 0.2) is 0 Å². The van der Waals surface area contributed by atoms with Gasteiger partial charge in [0.05, 0.1) is 4.92 Å². The summed E-state index contributed by atoms with van der Waals surface area (Å²) in [6.07, 6.45) is 1.22. The highest BCUT2D eigenvalue weighted by Crippen LogP contribution is 2.33. The zero-order chi connectivity index (χ0) is 18.0. The van der Waals surface area contributed by atoms with E-state index in [9.17, 15) is 14.9 Å². The second-order valence-electron chi connectivity index (χ2n) is 5.29. The van der Waals surface area contributed by atoms with Crippen LogP contribution in [0.15, 0.2) is 58.5 Å².